The van der Waals surface area contributed by atoms with Crippen molar-refractivity contribution in [2.24, 2.45) is 0 Å². The molecule has 0 unspecified atom stereocenters. The highest BCUT2D eigenvalue weighted by atomic mass is 31.2. The van der Waals surface area contributed by atoms with Crippen molar-refractivity contribution in [3.05, 3.63) is 75.8 Å². The van der Waals surface area contributed by atoms with E-state index >= 15 is 0 Å². The number of aliphatic hydroxyl groups is 1. The Labute approximate surface area is 274 Å². The first-order valence-electron chi connectivity index (χ1n) is 14.7. The van der Waals surface area contributed by atoms with Gasteiger partial charge in [-0.15, -0.1) is 0 Å². The quantitative estimate of drug-likeness (QED) is 0.149. The summed E-state index contributed by atoms with van der Waals surface area (Å²) in [6, 6.07) is 10.3. The lowest BCUT2D eigenvalue weighted by Gasteiger charge is -2.24. The Morgan fingerprint density at radius 1 is 0.958 bits per heavy atom. The number of carbonyl (C=O) groups excluding carboxylic acids is 1. The molecule has 6 N–H and O–H groups in total. The van der Waals surface area contributed by atoms with E-state index < -0.39 is 56.2 Å². The molecule has 6 atom stereocenters. The summed E-state index contributed by atoms with van der Waals surface area (Å²) in [7, 11) is -4.06. The van der Waals surface area contributed by atoms with Crippen LogP contribution in [-0.2, 0) is 37.6 Å². The summed E-state index contributed by atoms with van der Waals surface area (Å²) >= 11 is 0. The highest BCUT2D eigenvalue weighted by Gasteiger charge is 2.36. The van der Waals surface area contributed by atoms with Gasteiger partial charge in [0.15, 0.2) is 25.0 Å². The van der Waals surface area contributed by atoms with Crippen molar-refractivity contribution >= 4 is 25.4 Å². The van der Waals surface area contributed by atoms with Gasteiger partial charge in [-0.05, 0) is 45.0 Å². The number of nitrogens with two attached hydrogens (primary N) is 2. The molecule has 2 aliphatic rings. The van der Waals surface area contributed by atoms with E-state index in [1.165, 1.54) is 40.6 Å². The lowest BCUT2D eigenvalue weighted by Crippen LogP contribution is -2.36. The number of esters is 1. The van der Waals surface area contributed by atoms with Crippen molar-refractivity contribution < 1.29 is 47.2 Å². The molecule has 0 amide bonds. The van der Waals surface area contributed by atoms with Crippen molar-refractivity contribution in [1.82, 2.24) is 24.2 Å². The monoisotopic (exact) mass is 695 g/mol. The minimum atomic E-state index is -4.06. The van der Waals surface area contributed by atoms with Crippen LogP contribution < -0.4 is 32.5 Å². The Morgan fingerprint density at radius 3 is 2.00 bits per heavy atom. The average Bonchev–Trinajstić information content (AvgIpc) is 3.71. The van der Waals surface area contributed by atoms with E-state index in [0.29, 0.717) is 0 Å². The van der Waals surface area contributed by atoms with Crippen LogP contribution in [0, 0.1) is 0 Å². The van der Waals surface area contributed by atoms with Crippen LogP contribution in [0.25, 0.3) is 0 Å². The molecule has 0 spiro atoms. The predicted molar refractivity (Wildman–Crippen MR) is 167 cm³/mol. The van der Waals surface area contributed by atoms with E-state index in [1.807, 2.05) is 0 Å². The average molecular weight is 696 g/mol. The maximum absolute atomic E-state index is 13.4. The van der Waals surface area contributed by atoms with E-state index in [4.69, 9.17) is 49.3 Å². The van der Waals surface area contributed by atoms with Gasteiger partial charge in [0, 0.05) is 12.4 Å². The summed E-state index contributed by atoms with van der Waals surface area (Å²) in [5, 5.41) is 11.3. The SMILES string of the molecule is CC(C)OC(=O)[C@H](C)N[P@](=O)(OC[C@H]1OC[C@@H](n2ccc(N)nc2=O)O1)Oc1ccccc1.Nc1ccn([C@@H]2CO[C@H](CO)O2)c(=O)n1. The molecule has 262 valence electrons. The highest BCUT2D eigenvalue weighted by molar-refractivity contribution is 7.52. The van der Waals surface area contributed by atoms with Gasteiger partial charge in [0.1, 0.15) is 30.0 Å². The number of rotatable bonds is 12. The van der Waals surface area contributed by atoms with Crippen LogP contribution >= 0.6 is 7.75 Å². The molecule has 0 aliphatic carbocycles. The van der Waals surface area contributed by atoms with Crippen LogP contribution in [-0.4, -0.2) is 81.3 Å². The Morgan fingerprint density at radius 2 is 1.50 bits per heavy atom. The summed E-state index contributed by atoms with van der Waals surface area (Å²) in [5.74, 6) is -0.100. The minimum Gasteiger partial charge on any atom is -0.462 e. The number of hydrogen-bond donors (Lipinski definition) is 4. The molecule has 2 aromatic heterocycles. The van der Waals surface area contributed by atoms with Gasteiger partial charge >= 0.3 is 25.1 Å². The first-order chi connectivity index (χ1) is 22.9. The maximum atomic E-state index is 13.4. The van der Waals surface area contributed by atoms with Gasteiger partial charge in [0.2, 0.25) is 0 Å². The van der Waals surface area contributed by atoms with Crippen molar-refractivity contribution in [3.63, 3.8) is 0 Å². The van der Waals surface area contributed by atoms with E-state index in [2.05, 4.69) is 15.1 Å². The molecular weight excluding hydrogens is 657 g/mol. The molecule has 4 heterocycles. The fourth-order valence-electron chi connectivity index (χ4n) is 4.15. The molecule has 2 aliphatic heterocycles. The number of aliphatic hydroxyl groups excluding tert-OH is 1. The minimum absolute atomic E-state index is 0.0356. The number of nitrogens with one attached hydrogen (secondary N) is 1. The Hall–Kier alpha value is -4.20. The Kier molecular flexibility index (Phi) is 12.8. The molecule has 0 radical (unpaired) electrons. The third kappa shape index (κ3) is 10.4. The van der Waals surface area contributed by atoms with Gasteiger partial charge < -0.3 is 44.8 Å². The standard InChI is InChI=1S/C20H27N4O8P.C8H11N3O4/c1-13(2)30-19(25)14(3)23-33(27,32-15-7-5-4-6-8-15)29-12-18-28-11-17(31-18)24-10-9-16(21)22-20(24)26;9-5-1-2-11(8(13)10-5)6-4-14-7(3-12)15-6/h4-10,13-14,17-18H,11-12H2,1-3H3,(H,23,27)(H2,21,22,26);1-2,6-7,12H,3-4H2,(H2,9,10,13)/t14-,17-,18-,33-;6-,7-/m00/s1. The van der Waals surface area contributed by atoms with Crippen molar-refractivity contribution in [3.8, 4) is 5.75 Å². The first-order valence-corrected chi connectivity index (χ1v) is 16.2. The second-order valence-corrected chi connectivity index (χ2v) is 12.2. The summed E-state index contributed by atoms with van der Waals surface area (Å²) in [5.41, 5.74) is 9.75. The summed E-state index contributed by atoms with van der Waals surface area (Å²) in [4.78, 5) is 42.8. The highest BCUT2D eigenvalue weighted by Crippen LogP contribution is 2.45. The number of carbonyl (C=O) groups is 1. The molecule has 3 aromatic rings. The van der Waals surface area contributed by atoms with Gasteiger partial charge in [-0.2, -0.15) is 15.1 Å². The van der Waals surface area contributed by atoms with E-state index in [-0.39, 0.29) is 49.9 Å². The molecular formula is C28H38N7O12P. The number of benzene rings is 1. The second-order valence-electron chi connectivity index (χ2n) is 10.5. The van der Waals surface area contributed by atoms with Crippen LogP contribution in [0.4, 0.5) is 11.6 Å². The molecule has 0 bridgehead atoms. The molecule has 1 aromatic carbocycles. The van der Waals surface area contributed by atoms with Crippen LogP contribution in [0.2, 0.25) is 0 Å². The van der Waals surface area contributed by atoms with E-state index in [9.17, 15) is 18.9 Å². The lowest BCUT2D eigenvalue weighted by molar-refractivity contribution is -0.149. The number of anilines is 2. The summed E-state index contributed by atoms with van der Waals surface area (Å²) in [6.45, 7) is 4.58. The zero-order chi connectivity index (χ0) is 34.8. The molecule has 19 nitrogen and oxygen atoms in total. The fourth-order valence-corrected chi connectivity index (χ4v) is 5.62. The molecule has 20 heteroatoms. The van der Waals surface area contributed by atoms with Gasteiger partial charge in [-0.25, -0.2) is 14.2 Å². The molecule has 5 rings (SSSR count). The van der Waals surface area contributed by atoms with Gasteiger partial charge in [0.25, 0.3) is 0 Å². The zero-order valence-electron chi connectivity index (χ0n) is 26.3. The van der Waals surface area contributed by atoms with Crippen LogP contribution in [0.5, 0.6) is 5.75 Å². The normalized spacial score (nSPS) is 22.4. The van der Waals surface area contributed by atoms with Crippen molar-refractivity contribution in [1.29, 1.82) is 0 Å². The van der Waals surface area contributed by atoms with Crippen LogP contribution in [0.1, 0.15) is 33.2 Å². The molecule has 2 fully saturated rings. The summed E-state index contributed by atoms with van der Waals surface area (Å²) < 4.78 is 53.6. The molecule has 48 heavy (non-hydrogen) atoms. The van der Waals surface area contributed by atoms with Gasteiger partial charge in [0.05, 0.1) is 25.9 Å². The largest absolute Gasteiger partial charge is 0.462 e. The predicted octanol–water partition coefficient (Wildman–Crippen LogP) is 0.520. The van der Waals surface area contributed by atoms with Gasteiger partial charge in [-0.1, -0.05) is 18.2 Å². The smallest absolute Gasteiger partial charge is 0.459 e. The molecule has 2 saturated heterocycles. The van der Waals surface area contributed by atoms with Crippen molar-refractivity contribution in [2.45, 2.75) is 58.0 Å². The van der Waals surface area contributed by atoms with E-state index in [0.717, 1.165) is 0 Å². The summed E-state index contributed by atoms with van der Waals surface area (Å²) in [6.07, 6.45) is -0.371. The third-order valence-corrected chi connectivity index (χ3v) is 7.99. The topological polar surface area (TPSA) is 253 Å². The second kappa shape index (κ2) is 16.8. The van der Waals surface area contributed by atoms with Crippen molar-refractivity contribution in [2.75, 3.05) is 37.9 Å². The number of para-hydroxylation sites is 1. The van der Waals surface area contributed by atoms with Crippen LogP contribution in [0.15, 0.2) is 64.4 Å². The van der Waals surface area contributed by atoms with Gasteiger partial charge in [-0.3, -0.25) is 18.5 Å². The Balaban J connectivity index is 0.000000287. The first kappa shape index (κ1) is 36.6. The Bertz CT molecular complexity index is 1670. The lowest BCUT2D eigenvalue weighted by atomic mass is 10.3. The molecule has 0 saturated carbocycles. The van der Waals surface area contributed by atoms with E-state index in [1.54, 1.807) is 44.2 Å². The number of ether oxygens (including phenoxy) is 5. The zero-order valence-corrected chi connectivity index (χ0v) is 27.2. The third-order valence-electron chi connectivity index (χ3n) is 6.35. The maximum Gasteiger partial charge on any atom is 0.459 e. The number of aromatic nitrogens is 4. The number of hydrogen-bond acceptors (Lipinski definition) is 16. The fraction of sp³-hybridized carbons (Fsp3) is 0.464. The number of nitrogen functional groups attached to an aromatic ring is 2. The number of nitrogens with zero attached hydrogens (tertiary/aromatic N) is 4. The van der Waals surface area contributed by atoms with Crippen LogP contribution in [0.3, 0.4) is 0 Å².